The summed E-state index contributed by atoms with van der Waals surface area (Å²) >= 11 is 9.22. The predicted octanol–water partition coefficient (Wildman–Crippen LogP) is 3.16. The molecular formula is C11H8BrClN2O. The summed E-state index contributed by atoms with van der Waals surface area (Å²) < 4.78 is 0.774. The average Bonchev–Trinajstić information content (AvgIpc) is 2.20. The van der Waals surface area contributed by atoms with Gasteiger partial charge in [0.15, 0.2) is 0 Å². The van der Waals surface area contributed by atoms with Gasteiger partial charge in [-0.15, -0.1) is 0 Å². The zero-order valence-electron chi connectivity index (χ0n) is 8.42. The highest BCUT2D eigenvalue weighted by Crippen LogP contribution is 2.26. The van der Waals surface area contributed by atoms with E-state index in [-0.39, 0.29) is 5.56 Å². The number of aromatic amines is 1. The van der Waals surface area contributed by atoms with Crippen LogP contribution in [0.15, 0.2) is 33.5 Å². The molecule has 0 aliphatic carbocycles. The number of halogens is 2. The van der Waals surface area contributed by atoms with Crippen LogP contribution in [-0.2, 0) is 0 Å². The second-order valence-electron chi connectivity index (χ2n) is 3.36. The number of aryl methyl sites for hydroxylation is 1. The first-order valence-corrected chi connectivity index (χ1v) is 5.77. The number of benzene rings is 1. The quantitative estimate of drug-likeness (QED) is 0.879. The molecule has 0 atom stereocenters. The molecule has 1 aromatic heterocycles. The summed E-state index contributed by atoms with van der Waals surface area (Å²) in [6.07, 6.45) is 0. The van der Waals surface area contributed by atoms with Crippen molar-refractivity contribution in [2.75, 3.05) is 0 Å². The molecule has 0 bridgehead atoms. The minimum absolute atomic E-state index is 0.159. The monoisotopic (exact) mass is 298 g/mol. The molecular weight excluding hydrogens is 291 g/mol. The van der Waals surface area contributed by atoms with Gasteiger partial charge in [-0.2, -0.15) is 0 Å². The van der Waals surface area contributed by atoms with Crippen molar-refractivity contribution in [3.05, 3.63) is 49.8 Å². The molecule has 82 valence electrons. The van der Waals surface area contributed by atoms with Gasteiger partial charge in [0, 0.05) is 21.8 Å². The average molecular weight is 300 g/mol. The number of rotatable bonds is 1. The molecule has 0 saturated carbocycles. The van der Waals surface area contributed by atoms with Gasteiger partial charge >= 0.3 is 0 Å². The summed E-state index contributed by atoms with van der Waals surface area (Å²) in [7, 11) is 0. The molecule has 5 heteroatoms. The fourth-order valence-corrected chi connectivity index (χ4v) is 1.86. The molecule has 0 aliphatic heterocycles. The first-order valence-electron chi connectivity index (χ1n) is 4.59. The Bertz CT molecular complexity index is 595. The van der Waals surface area contributed by atoms with Crippen LogP contribution in [0.25, 0.3) is 11.4 Å². The molecule has 0 amide bonds. The first-order chi connectivity index (χ1) is 7.56. The summed E-state index contributed by atoms with van der Waals surface area (Å²) in [6, 6.07) is 6.84. The Kier molecular flexibility index (Phi) is 3.12. The maximum atomic E-state index is 11.3. The van der Waals surface area contributed by atoms with Crippen LogP contribution >= 0.6 is 27.5 Å². The molecule has 0 saturated heterocycles. The van der Waals surface area contributed by atoms with E-state index in [2.05, 4.69) is 25.9 Å². The minimum Gasteiger partial charge on any atom is -0.307 e. The molecule has 0 fully saturated rings. The second-order valence-corrected chi connectivity index (χ2v) is 4.63. The summed E-state index contributed by atoms with van der Waals surface area (Å²) in [4.78, 5) is 18.2. The Balaban J connectivity index is 2.58. The van der Waals surface area contributed by atoms with Crippen molar-refractivity contribution in [1.82, 2.24) is 9.97 Å². The van der Waals surface area contributed by atoms with Gasteiger partial charge in [-0.25, -0.2) is 4.98 Å². The molecule has 0 unspecified atom stereocenters. The van der Waals surface area contributed by atoms with E-state index in [4.69, 9.17) is 11.6 Å². The van der Waals surface area contributed by atoms with Crippen molar-refractivity contribution in [3.63, 3.8) is 0 Å². The summed E-state index contributed by atoms with van der Waals surface area (Å²) in [6.45, 7) is 1.78. The van der Waals surface area contributed by atoms with Crippen LogP contribution in [-0.4, -0.2) is 9.97 Å². The number of H-pyrrole nitrogens is 1. The standard InChI is InChI=1S/C11H8BrClN2O/c1-6-4-10(16)15-11(14-6)7-2-3-9(13)8(12)5-7/h2-5H,1H3,(H,14,15,16). The van der Waals surface area contributed by atoms with Crippen molar-refractivity contribution in [2.24, 2.45) is 0 Å². The topological polar surface area (TPSA) is 45.8 Å². The van der Waals surface area contributed by atoms with Crippen molar-refractivity contribution < 1.29 is 0 Å². The van der Waals surface area contributed by atoms with Crippen LogP contribution < -0.4 is 5.56 Å². The van der Waals surface area contributed by atoms with Gasteiger partial charge in [-0.1, -0.05) is 11.6 Å². The lowest BCUT2D eigenvalue weighted by Gasteiger charge is -2.03. The summed E-state index contributed by atoms with van der Waals surface area (Å²) in [5.41, 5.74) is 1.34. The largest absolute Gasteiger partial charge is 0.307 e. The van der Waals surface area contributed by atoms with Crippen LogP contribution in [0.2, 0.25) is 5.02 Å². The Morgan fingerprint density at radius 1 is 1.38 bits per heavy atom. The third kappa shape index (κ3) is 2.33. The zero-order valence-corrected chi connectivity index (χ0v) is 10.8. The molecule has 0 spiro atoms. The number of hydrogen-bond acceptors (Lipinski definition) is 2. The predicted molar refractivity (Wildman–Crippen MR) is 67.7 cm³/mol. The Morgan fingerprint density at radius 3 is 2.75 bits per heavy atom. The molecule has 0 aliphatic rings. The fraction of sp³-hybridized carbons (Fsp3) is 0.0909. The van der Waals surface area contributed by atoms with Crippen LogP contribution in [0.3, 0.4) is 0 Å². The SMILES string of the molecule is Cc1cc(=O)[nH]c(-c2ccc(Cl)c(Br)c2)n1. The summed E-state index contributed by atoms with van der Waals surface area (Å²) in [5.74, 6) is 0.544. The van der Waals surface area contributed by atoms with Gasteiger partial charge in [0.1, 0.15) is 5.82 Å². The number of hydrogen-bond donors (Lipinski definition) is 1. The van der Waals surface area contributed by atoms with E-state index in [0.717, 1.165) is 10.0 Å². The van der Waals surface area contributed by atoms with Crippen molar-refractivity contribution in [2.45, 2.75) is 6.92 Å². The maximum absolute atomic E-state index is 11.3. The third-order valence-corrected chi connectivity index (χ3v) is 3.28. The molecule has 2 rings (SSSR count). The van der Waals surface area contributed by atoms with Gasteiger partial charge in [0.2, 0.25) is 0 Å². The van der Waals surface area contributed by atoms with Crippen LogP contribution in [0, 0.1) is 6.92 Å². The highest BCUT2D eigenvalue weighted by atomic mass is 79.9. The van der Waals surface area contributed by atoms with Crippen molar-refractivity contribution in [3.8, 4) is 11.4 Å². The smallest absolute Gasteiger partial charge is 0.251 e. The van der Waals surface area contributed by atoms with Crippen molar-refractivity contribution >= 4 is 27.5 Å². The fourth-order valence-electron chi connectivity index (χ4n) is 1.36. The lowest BCUT2D eigenvalue weighted by atomic mass is 10.2. The van der Waals surface area contributed by atoms with E-state index < -0.39 is 0 Å². The van der Waals surface area contributed by atoms with E-state index in [1.54, 1.807) is 13.0 Å². The molecule has 1 heterocycles. The number of nitrogens with one attached hydrogen (secondary N) is 1. The van der Waals surface area contributed by atoms with Crippen molar-refractivity contribution in [1.29, 1.82) is 0 Å². The Hall–Kier alpha value is -1.13. The molecule has 3 nitrogen and oxygen atoms in total. The molecule has 0 radical (unpaired) electrons. The van der Waals surface area contributed by atoms with E-state index in [1.807, 2.05) is 12.1 Å². The van der Waals surface area contributed by atoms with Gasteiger partial charge < -0.3 is 4.98 Å². The highest BCUT2D eigenvalue weighted by molar-refractivity contribution is 9.10. The van der Waals surface area contributed by atoms with Gasteiger partial charge in [-0.05, 0) is 41.1 Å². The second kappa shape index (κ2) is 4.39. The molecule has 1 aromatic carbocycles. The highest BCUT2D eigenvalue weighted by Gasteiger charge is 2.04. The minimum atomic E-state index is -0.159. The van der Waals surface area contributed by atoms with E-state index in [1.165, 1.54) is 6.07 Å². The third-order valence-electron chi connectivity index (χ3n) is 2.06. The lowest BCUT2D eigenvalue weighted by Crippen LogP contribution is -2.08. The zero-order chi connectivity index (χ0) is 11.7. The van der Waals surface area contributed by atoms with Crippen LogP contribution in [0.4, 0.5) is 0 Å². The van der Waals surface area contributed by atoms with Gasteiger partial charge in [0.25, 0.3) is 5.56 Å². The lowest BCUT2D eigenvalue weighted by molar-refractivity contribution is 1.07. The van der Waals surface area contributed by atoms with E-state index in [9.17, 15) is 4.79 Å². The molecule has 2 aromatic rings. The van der Waals surface area contributed by atoms with Gasteiger partial charge in [-0.3, -0.25) is 4.79 Å². The molecule has 16 heavy (non-hydrogen) atoms. The van der Waals surface area contributed by atoms with E-state index >= 15 is 0 Å². The van der Waals surface area contributed by atoms with Crippen LogP contribution in [0.5, 0.6) is 0 Å². The van der Waals surface area contributed by atoms with Crippen LogP contribution in [0.1, 0.15) is 5.69 Å². The maximum Gasteiger partial charge on any atom is 0.251 e. The Labute approximate surface area is 106 Å². The normalized spacial score (nSPS) is 10.4. The van der Waals surface area contributed by atoms with E-state index in [0.29, 0.717) is 16.5 Å². The summed E-state index contributed by atoms with van der Waals surface area (Å²) in [5, 5.41) is 0.624. The number of nitrogens with zero attached hydrogens (tertiary/aromatic N) is 1. The van der Waals surface area contributed by atoms with Gasteiger partial charge in [0.05, 0.1) is 5.02 Å². The first kappa shape index (κ1) is 11.4. The number of aromatic nitrogens is 2. The Morgan fingerprint density at radius 2 is 2.12 bits per heavy atom. The molecule has 1 N–H and O–H groups in total.